The minimum atomic E-state index is -0.676. The van der Waals surface area contributed by atoms with Crippen LogP contribution in [-0.4, -0.2) is 11.0 Å². The van der Waals surface area contributed by atoms with Crippen LogP contribution in [0.15, 0.2) is 30.3 Å². The number of urea groups is 1. The maximum absolute atomic E-state index is 11.0. The molecule has 6 nitrogen and oxygen atoms in total. The van der Waals surface area contributed by atoms with E-state index in [9.17, 15) is 4.79 Å². The van der Waals surface area contributed by atoms with Crippen LogP contribution in [0, 0.1) is 0 Å². The minimum Gasteiger partial charge on any atom is -0.397 e. The van der Waals surface area contributed by atoms with E-state index in [1.165, 1.54) is 0 Å². The van der Waals surface area contributed by atoms with Crippen molar-refractivity contribution in [2.45, 2.75) is 0 Å². The summed E-state index contributed by atoms with van der Waals surface area (Å²) in [4.78, 5) is 14.2. The highest BCUT2D eigenvalue weighted by Gasteiger charge is 2.14. The molecule has 0 bridgehead atoms. The molecule has 1 heterocycles. The summed E-state index contributed by atoms with van der Waals surface area (Å²) in [5, 5.41) is 4.23. The monoisotopic (exact) mass is 255 g/mol. The van der Waals surface area contributed by atoms with Crippen LogP contribution < -0.4 is 22.5 Å². The molecule has 0 saturated carbocycles. The molecule has 3 rings (SSSR count). The molecule has 0 unspecified atom stereocenters. The summed E-state index contributed by atoms with van der Waals surface area (Å²) in [5.41, 5.74) is 20.3. The quantitative estimate of drug-likeness (QED) is 0.427. The number of nitrogen functional groups attached to an aromatic ring is 2. The van der Waals surface area contributed by atoms with Gasteiger partial charge in [-0.15, -0.1) is 0 Å². The van der Waals surface area contributed by atoms with Gasteiger partial charge in [-0.25, -0.2) is 4.79 Å². The van der Waals surface area contributed by atoms with Gasteiger partial charge in [0.05, 0.1) is 22.6 Å². The molecule has 0 aliphatic rings. The molecule has 0 saturated heterocycles. The summed E-state index contributed by atoms with van der Waals surface area (Å²) in [7, 11) is 0. The molecule has 0 aliphatic carbocycles. The first kappa shape index (κ1) is 11.2. The zero-order valence-electron chi connectivity index (χ0n) is 10.0. The second-order valence-corrected chi connectivity index (χ2v) is 4.34. The number of benzene rings is 2. The Hall–Kier alpha value is -2.89. The van der Waals surface area contributed by atoms with Crippen molar-refractivity contribution >= 4 is 44.9 Å². The fraction of sp³-hybridized carbons (Fsp3) is 0. The largest absolute Gasteiger partial charge is 0.397 e. The molecular weight excluding hydrogens is 242 g/mol. The van der Waals surface area contributed by atoms with E-state index in [1.54, 1.807) is 6.07 Å². The minimum absolute atomic E-state index is 0.419. The van der Waals surface area contributed by atoms with Crippen molar-refractivity contribution in [2.24, 2.45) is 5.73 Å². The SMILES string of the molecule is NC(=O)Nc1cc(N)c2[nH]c3ccccc3c2c1N. The average Bonchev–Trinajstić information content (AvgIpc) is 2.75. The summed E-state index contributed by atoms with van der Waals surface area (Å²) >= 11 is 0. The zero-order chi connectivity index (χ0) is 13.6. The standard InChI is InChI=1S/C13H13N5O/c14-7-5-9(18-13(16)19)11(15)10-6-3-1-2-4-8(6)17-12(7)10/h1-5,17H,14-15H2,(H3,16,18,19). The zero-order valence-corrected chi connectivity index (χ0v) is 10.0. The van der Waals surface area contributed by atoms with E-state index < -0.39 is 6.03 Å². The summed E-state index contributed by atoms with van der Waals surface area (Å²) in [6.07, 6.45) is 0. The Labute approximate surface area is 108 Å². The lowest BCUT2D eigenvalue weighted by atomic mass is 10.1. The topological polar surface area (TPSA) is 123 Å². The number of rotatable bonds is 1. The van der Waals surface area contributed by atoms with Crippen LogP contribution >= 0.6 is 0 Å². The van der Waals surface area contributed by atoms with Crippen molar-refractivity contribution in [3.05, 3.63) is 30.3 Å². The van der Waals surface area contributed by atoms with Gasteiger partial charge in [0.25, 0.3) is 0 Å². The number of carbonyl (C=O) groups excluding carboxylic acids is 1. The molecule has 0 fully saturated rings. The van der Waals surface area contributed by atoms with Gasteiger partial charge in [0.15, 0.2) is 0 Å². The van der Waals surface area contributed by atoms with Gasteiger partial charge in [-0.3, -0.25) is 0 Å². The van der Waals surface area contributed by atoms with Crippen molar-refractivity contribution in [3.63, 3.8) is 0 Å². The number of para-hydroxylation sites is 1. The van der Waals surface area contributed by atoms with Crippen LogP contribution in [0.25, 0.3) is 21.8 Å². The highest BCUT2D eigenvalue weighted by atomic mass is 16.2. The van der Waals surface area contributed by atoms with Crippen LogP contribution in [0.3, 0.4) is 0 Å². The molecule has 0 atom stereocenters. The number of hydrogen-bond acceptors (Lipinski definition) is 3. The maximum Gasteiger partial charge on any atom is 0.316 e. The Bertz CT molecular complexity index is 806. The third kappa shape index (κ3) is 1.61. The van der Waals surface area contributed by atoms with E-state index in [1.807, 2.05) is 24.3 Å². The highest BCUT2D eigenvalue weighted by molar-refractivity contribution is 6.19. The van der Waals surface area contributed by atoms with Crippen LogP contribution in [0.4, 0.5) is 21.9 Å². The van der Waals surface area contributed by atoms with E-state index >= 15 is 0 Å². The fourth-order valence-electron chi connectivity index (χ4n) is 2.31. The number of nitrogens with one attached hydrogen (secondary N) is 2. The number of nitrogens with two attached hydrogens (primary N) is 3. The van der Waals surface area contributed by atoms with Crippen molar-refractivity contribution in [2.75, 3.05) is 16.8 Å². The maximum atomic E-state index is 11.0. The number of aromatic amines is 1. The van der Waals surface area contributed by atoms with E-state index in [-0.39, 0.29) is 0 Å². The van der Waals surface area contributed by atoms with Gasteiger partial charge in [-0.05, 0) is 12.1 Å². The van der Waals surface area contributed by atoms with Gasteiger partial charge in [-0.1, -0.05) is 18.2 Å². The first-order valence-electron chi connectivity index (χ1n) is 5.72. The molecule has 19 heavy (non-hydrogen) atoms. The number of amides is 2. The Morgan fingerprint density at radius 3 is 2.68 bits per heavy atom. The number of hydrogen-bond donors (Lipinski definition) is 5. The molecule has 1 aromatic heterocycles. The number of H-pyrrole nitrogens is 1. The predicted octanol–water partition coefficient (Wildman–Crippen LogP) is 1.98. The van der Waals surface area contributed by atoms with Crippen molar-refractivity contribution in [1.82, 2.24) is 4.98 Å². The lowest BCUT2D eigenvalue weighted by Gasteiger charge is -2.09. The lowest BCUT2D eigenvalue weighted by molar-refractivity contribution is 0.259. The normalized spacial score (nSPS) is 10.9. The van der Waals surface area contributed by atoms with E-state index in [0.29, 0.717) is 17.1 Å². The summed E-state index contributed by atoms with van der Waals surface area (Å²) in [6.45, 7) is 0. The predicted molar refractivity (Wildman–Crippen MR) is 77.8 cm³/mol. The summed E-state index contributed by atoms with van der Waals surface area (Å²) < 4.78 is 0. The van der Waals surface area contributed by atoms with E-state index in [4.69, 9.17) is 17.2 Å². The Kier molecular flexibility index (Phi) is 2.25. The second kappa shape index (κ2) is 3.81. The number of primary amides is 1. The smallest absolute Gasteiger partial charge is 0.316 e. The third-order valence-corrected chi connectivity index (χ3v) is 3.11. The molecule has 0 radical (unpaired) electrons. The van der Waals surface area contributed by atoms with Crippen LogP contribution in [0.5, 0.6) is 0 Å². The van der Waals surface area contributed by atoms with Gasteiger partial charge >= 0.3 is 6.03 Å². The first-order valence-corrected chi connectivity index (χ1v) is 5.72. The van der Waals surface area contributed by atoms with Crippen molar-refractivity contribution in [1.29, 1.82) is 0 Å². The van der Waals surface area contributed by atoms with Gasteiger partial charge < -0.3 is 27.5 Å². The molecule has 8 N–H and O–H groups in total. The molecule has 96 valence electrons. The van der Waals surface area contributed by atoms with Crippen molar-refractivity contribution in [3.8, 4) is 0 Å². The number of aromatic nitrogens is 1. The summed E-state index contributed by atoms with van der Waals surface area (Å²) in [5.74, 6) is 0. The Morgan fingerprint density at radius 2 is 1.95 bits per heavy atom. The molecule has 0 spiro atoms. The Balaban J connectivity index is 2.42. The fourth-order valence-corrected chi connectivity index (χ4v) is 2.31. The average molecular weight is 255 g/mol. The molecular formula is C13H13N5O. The number of anilines is 3. The number of fused-ring (bicyclic) bond motifs is 3. The lowest BCUT2D eigenvalue weighted by Crippen LogP contribution is -2.20. The van der Waals surface area contributed by atoms with Crippen LogP contribution in [-0.2, 0) is 0 Å². The van der Waals surface area contributed by atoms with Gasteiger partial charge in [0, 0.05) is 16.3 Å². The third-order valence-electron chi connectivity index (χ3n) is 3.11. The number of carbonyl (C=O) groups is 1. The molecule has 0 aliphatic heterocycles. The molecule has 6 heteroatoms. The van der Waals surface area contributed by atoms with Gasteiger partial charge in [0.2, 0.25) is 0 Å². The summed E-state index contributed by atoms with van der Waals surface area (Å²) in [6, 6.07) is 8.64. The molecule has 2 aromatic carbocycles. The Morgan fingerprint density at radius 1 is 1.21 bits per heavy atom. The van der Waals surface area contributed by atoms with Gasteiger partial charge in [0.1, 0.15) is 0 Å². The van der Waals surface area contributed by atoms with E-state index in [2.05, 4.69) is 10.3 Å². The van der Waals surface area contributed by atoms with Crippen LogP contribution in [0.1, 0.15) is 0 Å². The first-order chi connectivity index (χ1) is 9.08. The van der Waals surface area contributed by atoms with Gasteiger partial charge in [-0.2, -0.15) is 0 Å². The molecule has 3 aromatic rings. The van der Waals surface area contributed by atoms with Crippen molar-refractivity contribution < 1.29 is 4.79 Å². The van der Waals surface area contributed by atoms with Crippen LogP contribution in [0.2, 0.25) is 0 Å². The highest BCUT2D eigenvalue weighted by Crippen LogP contribution is 2.38. The molecule has 2 amide bonds. The van der Waals surface area contributed by atoms with E-state index in [0.717, 1.165) is 21.8 Å². The second-order valence-electron chi connectivity index (χ2n) is 4.34.